The van der Waals surface area contributed by atoms with Crippen molar-refractivity contribution >= 4 is 5.91 Å². The molecule has 2 aromatic carbocycles. The molecule has 0 radical (unpaired) electrons. The highest BCUT2D eigenvalue weighted by atomic mass is 16.5. The smallest absolute Gasteiger partial charge is 0.242 e. The van der Waals surface area contributed by atoms with Gasteiger partial charge in [-0.05, 0) is 42.7 Å². The van der Waals surface area contributed by atoms with Gasteiger partial charge in [0.1, 0.15) is 24.1 Å². The topological polar surface area (TPSA) is 54.0 Å². The molecule has 30 heavy (non-hydrogen) atoms. The monoisotopic (exact) mass is 409 g/mol. The highest BCUT2D eigenvalue weighted by molar-refractivity contribution is 5.83. The molecule has 1 unspecified atom stereocenters. The van der Waals surface area contributed by atoms with Gasteiger partial charge in [-0.2, -0.15) is 0 Å². The molecular formula is C24H31N3O3. The van der Waals surface area contributed by atoms with Crippen molar-refractivity contribution < 1.29 is 14.3 Å². The molecule has 0 aromatic heterocycles. The summed E-state index contributed by atoms with van der Waals surface area (Å²) in [5.74, 6) is 1.83. The number of benzene rings is 2. The van der Waals surface area contributed by atoms with Crippen LogP contribution in [0.15, 0.2) is 54.6 Å². The van der Waals surface area contributed by atoms with Gasteiger partial charge in [0.25, 0.3) is 0 Å². The van der Waals surface area contributed by atoms with Gasteiger partial charge in [-0.1, -0.05) is 30.3 Å². The van der Waals surface area contributed by atoms with E-state index in [0.29, 0.717) is 12.6 Å². The van der Waals surface area contributed by atoms with Crippen molar-refractivity contribution in [2.75, 3.05) is 46.4 Å². The number of nitrogens with one attached hydrogen (secondary N) is 1. The number of piperazine rings is 1. The van der Waals surface area contributed by atoms with Gasteiger partial charge in [-0.25, -0.2) is 0 Å². The second-order valence-corrected chi connectivity index (χ2v) is 8.00. The van der Waals surface area contributed by atoms with Crippen LogP contribution in [0.3, 0.4) is 0 Å². The minimum absolute atomic E-state index is 0.139. The van der Waals surface area contributed by atoms with Crippen molar-refractivity contribution in [3.63, 3.8) is 0 Å². The Morgan fingerprint density at radius 1 is 1.00 bits per heavy atom. The van der Waals surface area contributed by atoms with Gasteiger partial charge in [-0.3, -0.25) is 14.6 Å². The lowest BCUT2D eigenvalue weighted by Gasteiger charge is -2.38. The molecule has 1 atom stereocenters. The second kappa shape index (κ2) is 9.96. The molecule has 2 fully saturated rings. The maximum absolute atomic E-state index is 13.0. The van der Waals surface area contributed by atoms with Crippen LogP contribution in [-0.4, -0.2) is 68.2 Å². The van der Waals surface area contributed by atoms with E-state index in [-0.39, 0.29) is 11.9 Å². The third kappa shape index (κ3) is 5.52. The maximum atomic E-state index is 13.0. The summed E-state index contributed by atoms with van der Waals surface area (Å²) in [5.41, 5.74) is 1.08. The van der Waals surface area contributed by atoms with Crippen LogP contribution in [0.2, 0.25) is 0 Å². The Labute approximate surface area is 178 Å². The molecule has 4 rings (SSSR count). The molecule has 0 bridgehead atoms. The average molecular weight is 410 g/mol. The van der Waals surface area contributed by atoms with Gasteiger partial charge in [0.05, 0.1) is 7.11 Å². The molecule has 1 saturated heterocycles. The Bertz CT molecular complexity index is 800. The molecule has 6 nitrogen and oxygen atoms in total. The molecule has 1 N–H and O–H groups in total. The van der Waals surface area contributed by atoms with Crippen LogP contribution >= 0.6 is 0 Å². The summed E-state index contributed by atoms with van der Waals surface area (Å²) in [6.07, 6.45) is 2.21. The van der Waals surface area contributed by atoms with E-state index in [1.165, 1.54) is 0 Å². The number of hydrogen-bond acceptors (Lipinski definition) is 5. The summed E-state index contributed by atoms with van der Waals surface area (Å²) in [6, 6.07) is 18.0. The van der Waals surface area contributed by atoms with Crippen molar-refractivity contribution in [1.29, 1.82) is 0 Å². The molecule has 1 saturated carbocycles. The standard InChI is InChI=1S/C24H31N3O3/c1-29-21-9-11-22(12-10-21)30-18-17-26-13-15-27(16-14-26)23(19-5-3-2-4-6-19)24(28)25-20-7-8-20/h2-6,9-12,20,23H,7-8,13-18H2,1H3,(H,25,28). The predicted octanol–water partition coefficient (Wildman–Crippen LogP) is 2.71. The lowest BCUT2D eigenvalue weighted by Crippen LogP contribution is -2.51. The fraction of sp³-hybridized carbons (Fsp3) is 0.458. The summed E-state index contributed by atoms with van der Waals surface area (Å²) < 4.78 is 11.0. The van der Waals surface area contributed by atoms with Crippen LogP contribution < -0.4 is 14.8 Å². The number of carbonyl (C=O) groups is 1. The second-order valence-electron chi connectivity index (χ2n) is 8.00. The Kier molecular flexibility index (Phi) is 6.87. The zero-order chi connectivity index (χ0) is 20.8. The molecular weight excluding hydrogens is 378 g/mol. The van der Waals surface area contributed by atoms with Crippen LogP contribution in [0.5, 0.6) is 11.5 Å². The van der Waals surface area contributed by atoms with Crippen LogP contribution in [0, 0.1) is 0 Å². The highest BCUT2D eigenvalue weighted by Gasteiger charge is 2.33. The minimum Gasteiger partial charge on any atom is -0.497 e. The first-order valence-electron chi connectivity index (χ1n) is 10.8. The number of methoxy groups -OCH3 is 1. The van der Waals surface area contributed by atoms with E-state index < -0.39 is 0 Å². The first-order chi connectivity index (χ1) is 14.7. The summed E-state index contributed by atoms with van der Waals surface area (Å²) in [5, 5.41) is 3.20. The third-order valence-corrected chi connectivity index (χ3v) is 5.80. The van der Waals surface area contributed by atoms with Gasteiger partial charge in [0.15, 0.2) is 0 Å². The lowest BCUT2D eigenvalue weighted by molar-refractivity contribution is -0.127. The Balaban J connectivity index is 1.27. The summed E-state index contributed by atoms with van der Waals surface area (Å²) in [4.78, 5) is 17.7. The van der Waals surface area contributed by atoms with Crippen molar-refractivity contribution in [2.24, 2.45) is 0 Å². The average Bonchev–Trinajstić information content (AvgIpc) is 3.60. The van der Waals surface area contributed by atoms with Crippen LogP contribution in [0.25, 0.3) is 0 Å². The van der Waals surface area contributed by atoms with Crippen LogP contribution in [0.1, 0.15) is 24.4 Å². The number of carbonyl (C=O) groups excluding carboxylic acids is 1. The molecule has 160 valence electrons. The largest absolute Gasteiger partial charge is 0.497 e. The van der Waals surface area contributed by atoms with Crippen molar-refractivity contribution in [2.45, 2.75) is 24.9 Å². The molecule has 6 heteroatoms. The summed E-state index contributed by atoms with van der Waals surface area (Å²) >= 11 is 0. The first-order valence-corrected chi connectivity index (χ1v) is 10.8. The molecule has 1 heterocycles. The van der Waals surface area contributed by atoms with E-state index in [9.17, 15) is 4.79 Å². The quantitative estimate of drug-likeness (QED) is 0.690. The molecule has 1 amide bonds. The van der Waals surface area contributed by atoms with E-state index in [1.54, 1.807) is 7.11 Å². The zero-order valence-electron chi connectivity index (χ0n) is 17.6. The SMILES string of the molecule is COc1ccc(OCCN2CCN(C(C(=O)NC3CC3)c3ccccc3)CC2)cc1. The normalized spacial score (nSPS) is 18.6. The highest BCUT2D eigenvalue weighted by Crippen LogP contribution is 2.26. The van der Waals surface area contributed by atoms with Gasteiger partial charge in [-0.15, -0.1) is 0 Å². The Morgan fingerprint density at radius 3 is 2.30 bits per heavy atom. The van der Waals surface area contributed by atoms with Gasteiger partial charge in [0, 0.05) is 38.8 Å². The van der Waals surface area contributed by atoms with E-state index >= 15 is 0 Å². The Hall–Kier alpha value is -2.57. The predicted molar refractivity (Wildman–Crippen MR) is 117 cm³/mol. The number of nitrogens with zero attached hydrogens (tertiary/aromatic N) is 2. The molecule has 0 spiro atoms. The Morgan fingerprint density at radius 2 is 1.67 bits per heavy atom. The van der Waals surface area contributed by atoms with E-state index in [4.69, 9.17) is 9.47 Å². The first kappa shape index (κ1) is 20.7. The molecule has 2 aliphatic rings. The minimum atomic E-state index is -0.204. The number of rotatable bonds is 9. The van der Waals surface area contributed by atoms with Crippen LogP contribution in [-0.2, 0) is 4.79 Å². The lowest BCUT2D eigenvalue weighted by atomic mass is 10.0. The number of ether oxygens (including phenoxy) is 2. The van der Waals surface area contributed by atoms with E-state index in [1.807, 2.05) is 42.5 Å². The molecule has 1 aliphatic carbocycles. The number of amides is 1. The number of hydrogen-bond donors (Lipinski definition) is 1. The van der Waals surface area contributed by atoms with E-state index in [2.05, 4.69) is 27.2 Å². The van der Waals surface area contributed by atoms with E-state index in [0.717, 1.165) is 62.6 Å². The zero-order valence-corrected chi connectivity index (χ0v) is 17.6. The summed E-state index contributed by atoms with van der Waals surface area (Å²) in [7, 11) is 1.66. The van der Waals surface area contributed by atoms with Gasteiger partial charge < -0.3 is 14.8 Å². The van der Waals surface area contributed by atoms with Crippen LogP contribution in [0.4, 0.5) is 0 Å². The molecule has 2 aromatic rings. The third-order valence-electron chi connectivity index (χ3n) is 5.80. The maximum Gasteiger partial charge on any atom is 0.242 e. The fourth-order valence-electron chi connectivity index (χ4n) is 3.88. The molecule has 1 aliphatic heterocycles. The van der Waals surface area contributed by atoms with Crippen molar-refractivity contribution in [3.05, 3.63) is 60.2 Å². The summed E-state index contributed by atoms with van der Waals surface area (Å²) in [6.45, 7) is 5.15. The van der Waals surface area contributed by atoms with Crippen molar-refractivity contribution in [1.82, 2.24) is 15.1 Å². The fourth-order valence-corrected chi connectivity index (χ4v) is 3.88. The van der Waals surface area contributed by atoms with Gasteiger partial charge >= 0.3 is 0 Å². The van der Waals surface area contributed by atoms with Gasteiger partial charge in [0.2, 0.25) is 5.91 Å². The van der Waals surface area contributed by atoms with Crippen molar-refractivity contribution in [3.8, 4) is 11.5 Å².